The smallest absolute Gasteiger partial charge is 0.236 e. The summed E-state index contributed by atoms with van der Waals surface area (Å²) in [5, 5.41) is 5.32. The number of carbonyl (C=O) groups is 1. The Morgan fingerprint density at radius 1 is 1.17 bits per heavy atom. The summed E-state index contributed by atoms with van der Waals surface area (Å²) >= 11 is 1.59. The van der Waals surface area contributed by atoms with Crippen molar-refractivity contribution >= 4 is 27.1 Å². The van der Waals surface area contributed by atoms with E-state index in [4.69, 9.17) is 0 Å². The van der Waals surface area contributed by atoms with Gasteiger partial charge in [0.05, 0.1) is 24.1 Å². The number of hydrogen-bond acceptors (Lipinski definition) is 6. The van der Waals surface area contributed by atoms with Crippen molar-refractivity contribution in [3.63, 3.8) is 0 Å². The Hall–Kier alpha value is -1.81. The number of nitrogens with one attached hydrogen (secondary N) is 1. The molecule has 0 radical (unpaired) electrons. The zero-order chi connectivity index (χ0) is 21.1. The molecule has 6 nitrogen and oxygen atoms in total. The molecule has 1 amide bonds. The quantitative estimate of drug-likeness (QED) is 0.727. The number of amides is 1. The second-order valence-electron chi connectivity index (χ2n) is 7.85. The summed E-state index contributed by atoms with van der Waals surface area (Å²) in [6, 6.07) is 10.2. The molecule has 4 rings (SSSR count). The molecule has 0 saturated carbocycles. The Labute approximate surface area is 180 Å². The van der Waals surface area contributed by atoms with Crippen molar-refractivity contribution in [3.05, 3.63) is 58.0 Å². The molecule has 1 aromatic heterocycles. The van der Waals surface area contributed by atoms with Crippen molar-refractivity contribution in [2.45, 2.75) is 18.5 Å². The number of sulfone groups is 1. The molecule has 3 heterocycles. The summed E-state index contributed by atoms with van der Waals surface area (Å²) in [7, 11) is -2.90. The highest BCUT2D eigenvalue weighted by Gasteiger charge is 2.34. The average molecular weight is 452 g/mol. The number of piperazine rings is 1. The Morgan fingerprint density at radius 3 is 2.50 bits per heavy atom. The Bertz CT molecular complexity index is 956. The number of nitrogens with zero attached hydrogens (tertiary/aromatic N) is 2. The van der Waals surface area contributed by atoms with Crippen LogP contribution in [0.3, 0.4) is 0 Å². The predicted octanol–water partition coefficient (Wildman–Crippen LogP) is 1.90. The minimum atomic E-state index is -2.90. The van der Waals surface area contributed by atoms with E-state index < -0.39 is 9.84 Å². The van der Waals surface area contributed by atoms with Gasteiger partial charge in [-0.25, -0.2) is 12.8 Å². The second kappa shape index (κ2) is 9.13. The van der Waals surface area contributed by atoms with Gasteiger partial charge in [0, 0.05) is 37.1 Å². The number of halogens is 1. The highest BCUT2D eigenvalue weighted by Crippen LogP contribution is 2.26. The third kappa shape index (κ3) is 5.08. The Balaban J connectivity index is 1.32. The first-order valence-electron chi connectivity index (χ1n) is 10.2. The lowest BCUT2D eigenvalue weighted by atomic mass is 10.1. The lowest BCUT2D eigenvalue weighted by molar-refractivity contribution is -0.132. The summed E-state index contributed by atoms with van der Waals surface area (Å²) in [5.41, 5.74) is 0.916. The van der Waals surface area contributed by atoms with Crippen LogP contribution in [-0.2, 0) is 14.6 Å². The SMILES string of the molecule is O=C(CN[C@H](c1ccc(F)cc1)c1cccs1)N1CCN([C@H]2CCS(=O)(=O)C2)CC1. The zero-order valence-corrected chi connectivity index (χ0v) is 18.3. The Kier molecular flexibility index (Phi) is 6.52. The molecule has 9 heteroatoms. The van der Waals surface area contributed by atoms with Crippen molar-refractivity contribution in [2.75, 3.05) is 44.2 Å². The fourth-order valence-corrected chi connectivity index (χ4v) is 6.78. The normalized spacial score (nSPS) is 22.8. The molecule has 1 N–H and O–H groups in total. The minimum absolute atomic E-state index is 0.0253. The summed E-state index contributed by atoms with van der Waals surface area (Å²) in [4.78, 5) is 17.9. The maximum absolute atomic E-state index is 13.3. The van der Waals surface area contributed by atoms with Crippen LogP contribution in [-0.4, -0.2) is 74.4 Å². The zero-order valence-electron chi connectivity index (χ0n) is 16.7. The van der Waals surface area contributed by atoms with Crippen LogP contribution < -0.4 is 5.32 Å². The molecule has 2 fully saturated rings. The van der Waals surface area contributed by atoms with Gasteiger partial charge < -0.3 is 4.90 Å². The van der Waals surface area contributed by atoms with Gasteiger partial charge in [-0.05, 0) is 35.6 Å². The summed E-state index contributed by atoms with van der Waals surface area (Å²) in [6.45, 7) is 2.82. The first-order valence-corrected chi connectivity index (χ1v) is 12.9. The van der Waals surface area contributed by atoms with E-state index in [1.807, 2.05) is 22.4 Å². The molecular formula is C21H26FN3O3S2. The van der Waals surface area contributed by atoms with Gasteiger partial charge in [0.2, 0.25) is 5.91 Å². The first kappa shape index (κ1) is 21.4. The van der Waals surface area contributed by atoms with Crippen molar-refractivity contribution in [1.82, 2.24) is 15.1 Å². The standard InChI is InChI=1S/C21H26FN3O3S2/c22-17-5-3-16(4-6-17)21(19-2-1-12-29-19)23-14-20(26)25-10-8-24(9-11-25)18-7-13-30(27,28)15-18/h1-6,12,18,21,23H,7-11,13-15H2/t18-,21+/m0/s1. The van der Waals surface area contributed by atoms with Gasteiger partial charge in [-0.2, -0.15) is 0 Å². The van der Waals surface area contributed by atoms with Crippen LogP contribution in [0.5, 0.6) is 0 Å². The highest BCUT2D eigenvalue weighted by atomic mass is 32.2. The minimum Gasteiger partial charge on any atom is -0.339 e. The number of hydrogen-bond donors (Lipinski definition) is 1. The number of thiophene rings is 1. The average Bonchev–Trinajstić information content (AvgIpc) is 3.39. The van der Waals surface area contributed by atoms with Gasteiger partial charge in [0.25, 0.3) is 0 Å². The van der Waals surface area contributed by atoms with E-state index in [0.717, 1.165) is 10.4 Å². The van der Waals surface area contributed by atoms with E-state index in [2.05, 4.69) is 10.2 Å². The maximum Gasteiger partial charge on any atom is 0.236 e. The third-order valence-corrected chi connectivity index (χ3v) is 8.57. The van der Waals surface area contributed by atoms with Crippen molar-refractivity contribution < 1.29 is 17.6 Å². The maximum atomic E-state index is 13.3. The molecule has 1 aromatic carbocycles. The van der Waals surface area contributed by atoms with Crippen LogP contribution in [0.25, 0.3) is 0 Å². The fraction of sp³-hybridized carbons (Fsp3) is 0.476. The van der Waals surface area contributed by atoms with Crippen molar-refractivity contribution in [3.8, 4) is 0 Å². The van der Waals surface area contributed by atoms with Crippen LogP contribution in [0, 0.1) is 5.82 Å². The third-order valence-electron chi connectivity index (χ3n) is 5.88. The number of benzene rings is 1. The molecule has 2 aliphatic heterocycles. The molecule has 2 aliphatic rings. The first-order chi connectivity index (χ1) is 14.4. The second-order valence-corrected chi connectivity index (χ2v) is 11.1. The molecule has 0 aliphatic carbocycles. The molecule has 2 saturated heterocycles. The molecule has 0 unspecified atom stereocenters. The van der Waals surface area contributed by atoms with E-state index in [9.17, 15) is 17.6 Å². The van der Waals surface area contributed by atoms with Crippen LogP contribution in [0.4, 0.5) is 4.39 Å². The Morgan fingerprint density at radius 2 is 1.90 bits per heavy atom. The van der Waals surface area contributed by atoms with Gasteiger partial charge in [0.15, 0.2) is 9.84 Å². The molecule has 2 aromatic rings. The number of rotatable bonds is 6. The molecule has 0 bridgehead atoms. The van der Waals surface area contributed by atoms with Gasteiger partial charge in [-0.3, -0.25) is 15.0 Å². The summed E-state index contributed by atoms with van der Waals surface area (Å²) in [5.74, 6) is 0.252. The van der Waals surface area contributed by atoms with E-state index in [1.54, 1.807) is 23.5 Å². The lowest BCUT2D eigenvalue weighted by Crippen LogP contribution is -2.53. The summed E-state index contributed by atoms with van der Waals surface area (Å²) in [6.07, 6.45) is 0.692. The largest absolute Gasteiger partial charge is 0.339 e. The lowest BCUT2D eigenvalue weighted by Gasteiger charge is -2.37. The van der Waals surface area contributed by atoms with E-state index in [-0.39, 0.29) is 41.9 Å². The van der Waals surface area contributed by atoms with Crippen molar-refractivity contribution in [2.24, 2.45) is 0 Å². The molecule has 2 atom stereocenters. The van der Waals surface area contributed by atoms with Gasteiger partial charge in [0.1, 0.15) is 5.82 Å². The van der Waals surface area contributed by atoms with Gasteiger partial charge >= 0.3 is 0 Å². The van der Waals surface area contributed by atoms with Crippen LogP contribution in [0.15, 0.2) is 41.8 Å². The predicted molar refractivity (Wildman–Crippen MR) is 116 cm³/mol. The van der Waals surface area contributed by atoms with Crippen molar-refractivity contribution in [1.29, 1.82) is 0 Å². The fourth-order valence-electron chi connectivity index (χ4n) is 4.19. The monoisotopic (exact) mass is 451 g/mol. The van der Waals surface area contributed by atoms with Crippen LogP contribution in [0.1, 0.15) is 22.9 Å². The molecular weight excluding hydrogens is 425 g/mol. The molecule has 0 spiro atoms. The highest BCUT2D eigenvalue weighted by molar-refractivity contribution is 7.91. The van der Waals surface area contributed by atoms with E-state index in [0.29, 0.717) is 32.6 Å². The summed E-state index contributed by atoms with van der Waals surface area (Å²) < 4.78 is 36.8. The van der Waals surface area contributed by atoms with Gasteiger partial charge in [-0.15, -0.1) is 11.3 Å². The van der Waals surface area contributed by atoms with Gasteiger partial charge in [-0.1, -0.05) is 18.2 Å². The van der Waals surface area contributed by atoms with E-state index >= 15 is 0 Å². The van der Waals surface area contributed by atoms with E-state index in [1.165, 1.54) is 12.1 Å². The van der Waals surface area contributed by atoms with Crippen LogP contribution in [0.2, 0.25) is 0 Å². The molecule has 30 heavy (non-hydrogen) atoms. The number of carbonyl (C=O) groups excluding carboxylic acids is 1. The van der Waals surface area contributed by atoms with Crippen LogP contribution >= 0.6 is 11.3 Å². The molecule has 162 valence electrons. The topological polar surface area (TPSA) is 69.7 Å².